The third kappa shape index (κ3) is 4.27. The van der Waals surface area contributed by atoms with Gasteiger partial charge in [0.2, 0.25) is 0 Å². The normalized spacial score (nSPS) is 21.2. The maximum absolute atomic E-state index is 12.3. The molecule has 0 aromatic carbocycles. The Kier molecular flexibility index (Phi) is 4.37. The smallest absolute Gasteiger partial charge is 0.273 e. The van der Waals surface area contributed by atoms with Crippen molar-refractivity contribution in [3.63, 3.8) is 0 Å². The van der Waals surface area contributed by atoms with Gasteiger partial charge < -0.3 is 11.1 Å². The molecule has 3 N–H and O–H groups in total. The van der Waals surface area contributed by atoms with Crippen LogP contribution in [0.5, 0.6) is 0 Å². The van der Waals surface area contributed by atoms with Gasteiger partial charge in [-0.15, -0.1) is 5.10 Å². The van der Waals surface area contributed by atoms with Crippen molar-refractivity contribution in [2.75, 3.05) is 6.54 Å². The lowest BCUT2D eigenvalue weighted by atomic mass is 9.63. The molecular weight excluding hydrogens is 266 g/mol. The Morgan fingerprint density at radius 2 is 2.00 bits per heavy atom. The Balaban J connectivity index is 2.01. The van der Waals surface area contributed by atoms with Crippen LogP contribution in [0, 0.1) is 10.8 Å². The van der Waals surface area contributed by atoms with E-state index in [1.807, 2.05) is 0 Å². The van der Waals surface area contributed by atoms with Gasteiger partial charge in [0.15, 0.2) is 5.69 Å². The van der Waals surface area contributed by atoms with Crippen LogP contribution in [0.4, 0.5) is 0 Å². The number of hydrogen-bond acceptors (Lipinski definition) is 4. The van der Waals surface area contributed by atoms with Crippen molar-refractivity contribution in [1.82, 2.24) is 20.3 Å². The Hall–Kier alpha value is -1.43. The highest BCUT2D eigenvalue weighted by Gasteiger charge is 2.39. The van der Waals surface area contributed by atoms with Crippen LogP contribution in [-0.4, -0.2) is 33.5 Å². The predicted octanol–water partition coefficient (Wildman–Crippen LogP) is 1.57. The summed E-state index contributed by atoms with van der Waals surface area (Å²) in [5.41, 5.74) is 6.33. The van der Waals surface area contributed by atoms with Crippen molar-refractivity contribution in [2.24, 2.45) is 16.6 Å². The summed E-state index contributed by atoms with van der Waals surface area (Å²) in [5, 5.41) is 10.9. The van der Waals surface area contributed by atoms with Crippen LogP contribution in [0.25, 0.3) is 0 Å². The van der Waals surface area contributed by atoms with E-state index in [1.54, 1.807) is 10.9 Å². The van der Waals surface area contributed by atoms with Crippen LogP contribution in [0.1, 0.15) is 57.4 Å². The Morgan fingerprint density at radius 3 is 2.57 bits per heavy atom. The first-order valence-corrected chi connectivity index (χ1v) is 7.62. The van der Waals surface area contributed by atoms with E-state index in [-0.39, 0.29) is 22.8 Å². The van der Waals surface area contributed by atoms with Gasteiger partial charge in [-0.3, -0.25) is 9.48 Å². The van der Waals surface area contributed by atoms with E-state index in [2.05, 4.69) is 43.3 Å². The van der Waals surface area contributed by atoms with Crippen LogP contribution < -0.4 is 11.1 Å². The Labute approximate surface area is 126 Å². The lowest BCUT2D eigenvalue weighted by Crippen LogP contribution is -2.46. The van der Waals surface area contributed by atoms with Crippen molar-refractivity contribution >= 4 is 5.91 Å². The number of nitrogens with zero attached hydrogens (tertiary/aromatic N) is 3. The molecule has 1 amide bonds. The maximum atomic E-state index is 12.3. The van der Waals surface area contributed by atoms with Crippen molar-refractivity contribution in [3.8, 4) is 0 Å². The first-order chi connectivity index (χ1) is 9.71. The number of nitrogens with two attached hydrogens (primary N) is 1. The average Bonchev–Trinajstić information content (AvgIpc) is 2.73. The molecule has 21 heavy (non-hydrogen) atoms. The van der Waals surface area contributed by atoms with Gasteiger partial charge >= 0.3 is 0 Å². The molecule has 0 aliphatic heterocycles. The minimum atomic E-state index is -0.142. The largest absolute Gasteiger partial charge is 0.348 e. The van der Waals surface area contributed by atoms with E-state index in [0.29, 0.717) is 18.8 Å². The zero-order chi connectivity index (χ0) is 15.7. The monoisotopic (exact) mass is 293 g/mol. The zero-order valence-electron chi connectivity index (χ0n) is 13.5. The highest BCUT2D eigenvalue weighted by atomic mass is 16.2. The summed E-state index contributed by atoms with van der Waals surface area (Å²) in [6.45, 7) is 10.1. The van der Waals surface area contributed by atoms with Gasteiger partial charge in [-0.2, -0.15) is 0 Å². The summed E-state index contributed by atoms with van der Waals surface area (Å²) in [6, 6.07) is 0.191. The number of hydrogen-bond donors (Lipinski definition) is 2. The fourth-order valence-electron chi connectivity index (χ4n) is 3.85. The molecule has 1 aliphatic carbocycles. The number of nitrogens with one attached hydrogen (secondary N) is 1. The molecule has 1 aromatic rings. The van der Waals surface area contributed by atoms with Gasteiger partial charge in [-0.1, -0.05) is 32.9 Å². The summed E-state index contributed by atoms with van der Waals surface area (Å²) < 4.78 is 1.60. The van der Waals surface area contributed by atoms with E-state index in [1.165, 1.54) is 6.42 Å². The highest BCUT2D eigenvalue weighted by Crippen LogP contribution is 2.45. The van der Waals surface area contributed by atoms with Gasteiger partial charge in [-0.25, -0.2) is 0 Å². The lowest BCUT2D eigenvalue weighted by molar-refractivity contribution is 0.0710. The van der Waals surface area contributed by atoms with Gasteiger partial charge in [0, 0.05) is 12.6 Å². The van der Waals surface area contributed by atoms with Crippen LogP contribution >= 0.6 is 0 Å². The van der Waals surface area contributed by atoms with Gasteiger partial charge in [0.05, 0.1) is 12.7 Å². The molecule has 118 valence electrons. The summed E-state index contributed by atoms with van der Waals surface area (Å²) in [5.74, 6) is -0.142. The van der Waals surface area contributed by atoms with E-state index in [9.17, 15) is 4.79 Å². The van der Waals surface area contributed by atoms with Crippen molar-refractivity contribution in [2.45, 2.75) is 59.5 Å². The third-order valence-electron chi connectivity index (χ3n) is 4.02. The molecule has 1 aliphatic rings. The van der Waals surface area contributed by atoms with E-state index >= 15 is 0 Å². The van der Waals surface area contributed by atoms with E-state index < -0.39 is 0 Å². The summed E-state index contributed by atoms with van der Waals surface area (Å²) in [6.07, 6.45) is 4.83. The molecule has 0 bridgehead atoms. The Morgan fingerprint density at radius 1 is 1.38 bits per heavy atom. The van der Waals surface area contributed by atoms with Crippen LogP contribution in [0.15, 0.2) is 6.20 Å². The van der Waals surface area contributed by atoms with Crippen LogP contribution in [0.2, 0.25) is 0 Å². The molecule has 0 atom stereocenters. The average molecular weight is 293 g/mol. The SMILES string of the molecule is CC1(C)CC(NC(=O)c2cn(CCN)nn2)CC(C)(C)C1. The van der Waals surface area contributed by atoms with Crippen molar-refractivity contribution < 1.29 is 4.79 Å². The quantitative estimate of drug-likeness (QED) is 0.882. The van der Waals surface area contributed by atoms with Crippen LogP contribution in [0.3, 0.4) is 0 Å². The summed E-state index contributed by atoms with van der Waals surface area (Å²) >= 11 is 0. The highest BCUT2D eigenvalue weighted by molar-refractivity contribution is 5.92. The fraction of sp³-hybridized carbons (Fsp3) is 0.800. The number of carbonyl (C=O) groups is 1. The molecule has 0 unspecified atom stereocenters. The number of rotatable bonds is 4. The minimum absolute atomic E-state index is 0.142. The number of amides is 1. The van der Waals surface area contributed by atoms with E-state index in [4.69, 9.17) is 5.73 Å². The topological polar surface area (TPSA) is 85.8 Å². The van der Waals surface area contributed by atoms with Gasteiger partial charge in [-0.05, 0) is 30.1 Å². The third-order valence-corrected chi connectivity index (χ3v) is 4.02. The molecule has 1 heterocycles. The molecule has 0 radical (unpaired) electrons. The molecule has 1 saturated carbocycles. The molecule has 2 rings (SSSR count). The molecule has 1 aromatic heterocycles. The maximum Gasteiger partial charge on any atom is 0.273 e. The molecule has 0 saturated heterocycles. The standard InChI is InChI=1S/C15H27N5O/c1-14(2)7-11(8-15(3,4)10-14)17-13(21)12-9-20(6-5-16)19-18-12/h9,11H,5-8,10,16H2,1-4H3,(H,17,21). The lowest BCUT2D eigenvalue weighted by Gasteiger charge is -2.45. The summed E-state index contributed by atoms with van der Waals surface area (Å²) in [4.78, 5) is 12.3. The molecule has 6 heteroatoms. The second-order valence-corrected chi connectivity index (χ2v) is 7.74. The molecule has 1 fully saturated rings. The predicted molar refractivity (Wildman–Crippen MR) is 81.7 cm³/mol. The number of carbonyl (C=O) groups excluding carboxylic acids is 1. The van der Waals surface area contributed by atoms with Gasteiger partial charge in [0.1, 0.15) is 0 Å². The first kappa shape index (κ1) is 15.9. The van der Waals surface area contributed by atoms with Crippen LogP contribution in [-0.2, 0) is 6.54 Å². The zero-order valence-corrected chi connectivity index (χ0v) is 13.5. The molecule has 6 nitrogen and oxygen atoms in total. The van der Waals surface area contributed by atoms with Gasteiger partial charge in [0.25, 0.3) is 5.91 Å². The van der Waals surface area contributed by atoms with E-state index in [0.717, 1.165) is 12.8 Å². The second-order valence-electron chi connectivity index (χ2n) is 7.74. The fourth-order valence-corrected chi connectivity index (χ4v) is 3.85. The minimum Gasteiger partial charge on any atom is -0.348 e. The molecular formula is C15H27N5O. The number of aromatic nitrogens is 3. The molecule has 0 spiro atoms. The van der Waals surface area contributed by atoms with Crippen molar-refractivity contribution in [3.05, 3.63) is 11.9 Å². The second kappa shape index (κ2) is 5.75. The first-order valence-electron chi connectivity index (χ1n) is 7.62. The Bertz CT molecular complexity index is 490. The summed E-state index contributed by atoms with van der Waals surface area (Å²) in [7, 11) is 0. The van der Waals surface area contributed by atoms with Crippen molar-refractivity contribution in [1.29, 1.82) is 0 Å².